The molecular weight excluding hydrogens is 349 g/mol. The van der Waals surface area contributed by atoms with E-state index in [1.807, 2.05) is 52.0 Å². The molecule has 0 unspecified atom stereocenters. The van der Waals surface area contributed by atoms with Gasteiger partial charge in [-0.2, -0.15) is 12.6 Å². The molecule has 1 aliphatic heterocycles. The summed E-state index contributed by atoms with van der Waals surface area (Å²) in [6, 6.07) is 5.77. The molecule has 1 aliphatic rings. The van der Waals surface area contributed by atoms with Gasteiger partial charge < -0.3 is 15.0 Å². The zero-order valence-electron chi connectivity index (χ0n) is 12.8. The van der Waals surface area contributed by atoms with E-state index in [1.54, 1.807) is 0 Å². The highest BCUT2D eigenvalue weighted by molar-refractivity contribution is 9.10. The lowest BCUT2D eigenvalue weighted by Crippen LogP contribution is -2.41. The molecule has 1 heterocycles. The number of rotatable bonds is 3. The molecule has 1 aromatic carbocycles. The maximum absolute atomic E-state index is 6.07. The first-order valence-corrected chi connectivity index (χ1v) is 8.31. The van der Waals surface area contributed by atoms with Crippen LogP contribution in [0.1, 0.15) is 33.3 Å². The number of halogens is 1. The molecule has 21 heavy (non-hydrogen) atoms. The maximum Gasteiger partial charge on any atom is 0.491 e. The lowest BCUT2D eigenvalue weighted by Gasteiger charge is -2.32. The summed E-state index contributed by atoms with van der Waals surface area (Å²) in [4.78, 5) is 0. The second-order valence-electron chi connectivity index (χ2n) is 6.24. The molecular formula is C15H21BBrNO2S. The molecule has 0 bridgehead atoms. The molecule has 114 valence electrons. The fourth-order valence-electron chi connectivity index (χ4n) is 2.05. The zero-order valence-corrected chi connectivity index (χ0v) is 15.3. The van der Waals surface area contributed by atoms with Crippen molar-refractivity contribution in [2.45, 2.75) is 38.9 Å². The molecule has 0 aromatic heterocycles. The first-order chi connectivity index (χ1) is 9.66. The van der Waals surface area contributed by atoms with Crippen LogP contribution in [0.2, 0.25) is 0 Å². The molecule has 0 aliphatic carbocycles. The normalized spacial score (nSPS) is 20.9. The zero-order chi connectivity index (χ0) is 15.8. The highest BCUT2D eigenvalue weighted by Crippen LogP contribution is 2.39. The van der Waals surface area contributed by atoms with E-state index in [0.29, 0.717) is 11.4 Å². The van der Waals surface area contributed by atoms with Crippen LogP contribution in [0.5, 0.6) is 0 Å². The Morgan fingerprint density at radius 3 is 2.38 bits per heavy atom. The van der Waals surface area contributed by atoms with Crippen molar-refractivity contribution in [2.24, 2.45) is 0 Å². The molecule has 0 saturated carbocycles. The SMILES string of the molecule is CC1(C)OB(C(=Cc2cc(Br)ccc2N)CS)OC1(C)C. The number of hydrogen-bond donors (Lipinski definition) is 2. The van der Waals surface area contributed by atoms with Crippen molar-refractivity contribution in [1.82, 2.24) is 0 Å². The number of hydrogen-bond acceptors (Lipinski definition) is 4. The Morgan fingerprint density at radius 2 is 1.86 bits per heavy atom. The smallest absolute Gasteiger partial charge is 0.400 e. The molecule has 6 heteroatoms. The number of anilines is 1. The van der Waals surface area contributed by atoms with Crippen LogP contribution in [-0.2, 0) is 9.31 Å². The average molecular weight is 370 g/mol. The molecule has 1 fully saturated rings. The lowest BCUT2D eigenvalue weighted by atomic mass is 9.78. The van der Waals surface area contributed by atoms with Crippen LogP contribution in [0.3, 0.4) is 0 Å². The van der Waals surface area contributed by atoms with E-state index < -0.39 is 7.12 Å². The number of nitrogen functional groups attached to an aromatic ring is 1. The molecule has 0 radical (unpaired) electrons. The Kier molecular flexibility index (Phi) is 4.83. The molecule has 1 aromatic rings. The minimum atomic E-state index is -0.397. The van der Waals surface area contributed by atoms with E-state index in [2.05, 4.69) is 28.6 Å². The molecule has 3 nitrogen and oxygen atoms in total. The predicted molar refractivity (Wildman–Crippen MR) is 96.5 cm³/mol. The van der Waals surface area contributed by atoms with Gasteiger partial charge in [-0.25, -0.2) is 0 Å². The maximum atomic E-state index is 6.07. The van der Waals surface area contributed by atoms with E-state index >= 15 is 0 Å². The van der Waals surface area contributed by atoms with E-state index in [4.69, 9.17) is 15.0 Å². The summed E-state index contributed by atoms with van der Waals surface area (Å²) in [5, 5.41) is 0. The summed E-state index contributed by atoms with van der Waals surface area (Å²) in [5.74, 6) is 0.544. The number of benzene rings is 1. The molecule has 0 amide bonds. The van der Waals surface area contributed by atoms with Gasteiger partial charge in [0.05, 0.1) is 11.2 Å². The topological polar surface area (TPSA) is 44.5 Å². The van der Waals surface area contributed by atoms with E-state index in [0.717, 1.165) is 15.5 Å². The summed E-state index contributed by atoms with van der Waals surface area (Å²) < 4.78 is 13.1. The largest absolute Gasteiger partial charge is 0.491 e. The first kappa shape index (κ1) is 16.9. The van der Waals surface area contributed by atoms with Crippen molar-refractivity contribution in [3.05, 3.63) is 33.7 Å². The third kappa shape index (κ3) is 3.50. The third-order valence-electron chi connectivity index (χ3n) is 4.13. The molecule has 2 rings (SSSR count). The lowest BCUT2D eigenvalue weighted by molar-refractivity contribution is 0.00578. The standard InChI is InChI=1S/C15H21BBrNO2S/c1-14(2)15(3,4)20-16(19-14)11(9-21)7-10-8-12(17)5-6-13(10)18/h5-8,21H,9,18H2,1-4H3. The van der Waals surface area contributed by atoms with Crippen molar-refractivity contribution in [3.63, 3.8) is 0 Å². The van der Waals surface area contributed by atoms with Gasteiger partial charge in [-0.15, -0.1) is 0 Å². The minimum Gasteiger partial charge on any atom is -0.400 e. The Labute approximate surface area is 141 Å². The van der Waals surface area contributed by atoms with Crippen LogP contribution in [-0.4, -0.2) is 24.1 Å². The van der Waals surface area contributed by atoms with E-state index in [-0.39, 0.29) is 11.2 Å². The molecule has 1 saturated heterocycles. The van der Waals surface area contributed by atoms with Gasteiger partial charge in [-0.05, 0) is 56.9 Å². The Balaban J connectivity index is 2.33. The first-order valence-electron chi connectivity index (χ1n) is 6.88. The fourth-order valence-corrected chi connectivity index (χ4v) is 2.67. The van der Waals surface area contributed by atoms with Gasteiger partial charge in [0.2, 0.25) is 0 Å². The quantitative estimate of drug-likeness (QED) is 0.481. The van der Waals surface area contributed by atoms with Gasteiger partial charge in [-0.3, -0.25) is 0 Å². The summed E-state index contributed by atoms with van der Waals surface area (Å²) in [6.45, 7) is 8.15. The van der Waals surface area contributed by atoms with Gasteiger partial charge in [0.15, 0.2) is 0 Å². The summed E-state index contributed by atoms with van der Waals surface area (Å²) in [6.07, 6.45) is 2.00. The molecule has 2 N–H and O–H groups in total. The van der Waals surface area contributed by atoms with Crippen molar-refractivity contribution in [1.29, 1.82) is 0 Å². The van der Waals surface area contributed by atoms with Crippen LogP contribution < -0.4 is 5.73 Å². The number of nitrogens with two attached hydrogens (primary N) is 1. The fraction of sp³-hybridized carbons (Fsp3) is 0.467. The predicted octanol–water partition coefficient (Wildman–Crippen LogP) is 3.98. The minimum absolute atomic E-state index is 0.359. The van der Waals surface area contributed by atoms with Gasteiger partial charge in [0.25, 0.3) is 0 Å². The van der Waals surface area contributed by atoms with Gasteiger partial charge in [-0.1, -0.05) is 22.0 Å². The average Bonchev–Trinajstić information content (AvgIpc) is 2.59. The summed E-state index contributed by atoms with van der Waals surface area (Å²) in [5.41, 5.74) is 7.92. The van der Waals surface area contributed by atoms with E-state index in [1.165, 1.54) is 0 Å². The van der Waals surface area contributed by atoms with Crippen molar-refractivity contribution in [2.75, 3.05) is 11.5 Å². The van der Waals surface area contributed by atoms with Crippen LogP contribution >= 0.6 is 28.6 Å². The third-order valence-corrected chi connectivity index (χ3v) is 4.99. The summed E-state index contributed by atoms with van der Waals surface area (Å²) >= 11 is 7.88. The van der Waals surface area contributed by atoms with Crippen LogP contribution in [0, 0.1) is 0 Å². The van der Waals surface area contributed by atoms with Crippen LogP contribution in [0.15, 0.2) is 28.1 Å². The Bertz CT molecular complexity index is 559. The van der Waals surface area contributed by atoms with Crippen molar-refractivity contribution < 1.29 is 9.31 Å². The highest BCUT2D eigenvalue weighted by Gasteiger charge is 2.52. The van der Waals surface area contributed by atoms with Crippen molar-refractivity contribution in [3.8, 4) is 0 Å². The molecule has 0 atom stereocenters. The second kappa shape index (κ2) is 5.99. The monoisotopic (exact) mass is 369 g/mol. The van der Waals surface area contributed by atoms with Crippen LogP contribution in [0.4, 0.5) is 5.69 Å². The number of thiol groups is 1. The highest BCUT2D eigenvalue weighted by atomic mass is 79.9. The Morgan fingerprint density at radius 1 is 1.29 bits per heavy atom. The van der Waals surface area contributed by atoms with Crippen molar-refractivity contribution >= 4 is 47.4 Å². The summed E-state index contributed by atoms with van der Waals surface area (Å²) in [7, 11) is -0.397. The van der Waals surface area contributed by atoms with Gasteiger partial charge >= 0.3 is 7.12 Å². The second-order valence-corrected chi connectivity index (χ2v) is 7.47. The van der Waals surface area contributed by atoms with E-state index in [9.17, 15) is 0 Å². The van der Waals surface area contributed by atoms with Crippen LogP contribution in [0.25, 0.3) is 6.08 Å². The van der Waals surface area contributed by atoms with Gasteiger partial charge in [0, 0.05) is 15.9 Å². The molecule has 0 spiro atoms. The van der Waals surface area contributed by atoms with Gasteiger partial charge in [0.1, 0.15) is 0 Å². The Hall–Kier alpha value is -0.425.